The van der Waals surface area contributed by atoms with Gasteiger partial charge in [-0.3, -0.25) is 15.0 Å². The Bertz CT molecular complexity index is 423. The summed E-state index contributed by atoms with van der Waals surface area (Å²) in [6.07, 6.45) is 1.87. The van der Waals surface area contributed by atoms with Gasteiger partial charge < -0.3 is 9.52 Å². The monoisotopic (exact) mass is 238 g/mol. The van der Waals surface area contributed by atoms with Crippen LogP contribution in [-0.4, -0.2) is 51.8 Å². The fraction of sp³-hybridized carbons (Fsp3) is 0.700. The number of hydrogen-bond acceptors (Lipinski definition) is 6. The van der Waals surface area contributed by atoms with Gasteiger partial charge in [0.15, 0.2) is 0 Å². The first-order chi connectivity index (χ1) is 8.20. The molecule has 2 N–H and O–H groups in total. The summed E-state index contributed by atoms with van der Waals surface area (Å²) in [6, 6.07) is 0.165. The molecule has 0 atom stereocenters. The lowest BCUT2D eigenvalue weighted by atomic mass is 10.2. The predicted octanol–water partition coefficient (Wildman–Crippen LogP) is -0.438. The minimum Gasteiger partial charge on any atom is -0.408 e. The van der Waals surface area contributed by atoms with E-state index in [-0.39, 0.29) is 24.6 Å². The number of amides is 1. The van der Waals surface area contributed by atoms with Gasteiger partial charge in [-0.05, 0) is 12.8 Å². The summed E-state index contributed by atoms with van der Waals surface area (Å²) in [5, 5.41) is 19.3. The van der Waals surface area contributed by atoms with E-state index < -0.39 is 0 Å². The number of carbonyl (C=O) groups is 1. The number of rotatable bonds is 4. The summed E-state index contributed by atoms with van der Waals surface area (Å²) in [7, 11) is 0. The van der Waals surface area contributed by atoms with E-state index in [9.17, 15) is 4.79 Å². The van der Waals surface area contributed by atoms with E-state index in [4.69, 9.17) is 9.52 Å². The van der Waals surface area contributed by atoms with E-state index in [0.717, 1.165) is 12.8 Å². The van der Waals surface area contributed by atoms with Crippen molar-refractivity contribution >= 4 is 11.9 Å². The Morgan fingerprint density at radius 3 is 2.88 bits per heavy atom. The van der Waals surface area contributed by atoms with Crippen molar-refractivity contribution < 1.29 is 14.3 Å². The van der Waals surface area contributed by atoms with Crippen LogP contribution in [0.15, 0.2) is 4.42 Å². The van der Waals surface area contributed by atoms with Crippen molar-refractivity contribution in [1.29, 1.82) is 0 Å². The molecule has 3 rings (SSSR count). The Morgan fingerprint density at radius 2 is 2.24 bits per heavy atom. The number of likely N-dealkylation sites (tertiary alicyclic amines) is 1. The molecular formula is C10H14N4O3. The van der Waals surface area contributed by atoms with Crippen molar-refractivity contribution in [3.63, 3.8) is 0 Å². The SMILES string of the molecule is O=C(CN1CC(O)C1)Nc1nnc(C2CC2)o1. The predicted molar refractivity (Wildman–Crippen MR) is 57.3 cm³/mol. The molecule has 0 radical (unpaired) electrons. The molecule has 2 aliphatic rings. The van der Waals surface area contributed by atoms with Crippen LogP contribution in [0.25, 0.3) is 0 Å². The van der Waals surface area contributed by atoms with Gasteiger partial charge in [-0.2, -0.15) is 0 Å². The van der Waals surface area contributed by atoms with E-state index in [2.05, 4.69) is 15.5 Å². The molecule has 1 aliphatic carbocycles. The van der Waals surface area contributed by atoms with E-state index in [1.807, 2.05) is 4.90 Å². The molecule has 1 aliphatic heterocycles. The highest BCUT2D eigenvalue weighted by molar-refractivity contribution is 5.90. The Balaban J connectivity index is 1.49. The van der Waals surface area contributed by atoms with Crippen LogP contribution in [0.4, 0.5) is 6.01 Å². The Hall–Kier alpha value is -1.47. The molecule has 17 heavy (non-hydrogen) atoms. The molecule has 2 fully saturated rings. The lowest BCUT2D eigenvalue weighted by Gasteiger charge is -2.34. The Kier molecular flexibility index (Phi) is 2.56. The number of aliphatic hydroxyl groups is 1. The highest BCUT2D eigenvalue weighted by atomic mass is 16.4. The zero-order chi connectivity index (χ0) is 11.8. The highest BCUT2D eigenvalue weighted by Gasteiger charge is 2.30. The lowest BCUT2D eigenvalue weighted by Crippen LogP contribution is -2.53. The first kappa shape index (κ1) is 10.7. The Labute approximate surface area is 97.8 Å². The fourth-order valence-corrected chi connectivity index (χ4v) is 1.81. The second kappa shape index (κ2) is 4.08. The molecule has 1 amide bonds. The number of nitrogens with one attached hydrogen (secondary N) is 1. The molecule has 1 saturated carbocycles. The van der Waals surface area contributed by atoms with Crippen molar-refractivity contribution in [2.24, 2.45) is 0 Å². The van der Waals surface area contributed by atoms with Crippen LogP contribution in [0.3, 0.4) is 0 Å². The van der Waals surface area contributed by atoms with Crippen molar-refractivity contribution in [3.05, 3.63) is 5.89 Å². The summed E-state index contributed by atoms with van der Waals surface area (Å²) in [4.78, 5) is 13.4. The number of nitrogens with zero attached hydrogens (tertiary/aromatic N) is 3. The summed E-state index contributed by atoms with van der Waals surface area (Å²) in [5.74, 6) is 0.807. The lowest BCUT2D eigenvalue weighted by molar-refractivity contribution is -0.120. The zero-order valence-corrected chi connectivity index (χ0v) is 9.30. The molecule has 0 unspecified atom stereocenters. The number of aromatic nitrogens is 2. The van der Waals surface area contributed by atoms with Crippen LogP contribution in [-0.2, 0) is 4.79 Å². The molecule has 0 spiro atoms. The molecule has 0 bridgehead atoms. The number of hydrogen-bond donors (Lipinski definition) is 2. The first-order valence-electron chi connectivity index (χ1n) is 5.74. The van der Waals surface area contributed by atoms with Gasteiger partial charge in [0, 0.05) is 19.0 Å². The van der Waals surface area contributed by atoms with Crippen LogP contribution in [0, 0.1) is 0 Å². The standard InChI is InChI=1S/C10H14N4O3/c15-7-3-14(4-7)5-8(16)11-10-13-12-9(17-10)6-1-2-6/h6-7,15H,1-5H2,(H,11,13,16). The van der Waals surface area contributed by atoms with Gasteiger partial charge in [-0.15, -0.1) is 5.10 Å². The third kappa shape index (κ3) is 2.45. The zero-order valence-electron chi connectivity index (χ0n) is 9.30. The topological polar surface area (TPSA) is 91.5 Å². The molecule has 2 heterocycles. The van der Waals surface area contributed by atoms with Gasteiger partial charge in [0.25, 0.3) is 0 Å². The molecule has 92 valence electrons. The summed E-state index contributed by atoms with van der Waals surface area (Å²) < 4.78 is 5.31. The summed E-state index contributed by atoms with van der Waals surface area (Å²) in [5.41, 5.74) is 0. The summed E-state index contributed by atoms with van der Waals surface area (Å²) >= 11 is 0. The number of β-amino-alcohol motifs (C(OH)–C–C–N with tert-alkyl or cyclic N) is 1. The van der Waals surface area contributed by atoms with Gasteiger partial charge in [-0.25, -0.2) is 0 Å². The normalized spacial score (nSPS) is 21.2. The van der Waals surface area contributed by atoms with E-state index in [0.29, 0.717) is 24.9 Å². The smallest absolute Gasteiger partial charge is 0.322 e. The van der Waals surface area contributed by atoms with Crippen molar-refractivity contribution in [2.45, 2.75) is 24.9 Å². The quantitative estimate of drug-likeness (QED) is 0.739. The minimum absolute atomic E-state index is 0.165. The fourth-order valence-electron chi connectivity index (χ4n) is 1.81. The first-order valence-corrected chi connectivity index (χ1v) is 5.74. The second-order valence-electron chi connectivity index (χ2n) is 4.62. The molecule has 7 heteroatoms. The molecule has 0 aromatic carbocycles. The van der Waals surface area contributed by atoms with Crippen LogP contribution in [0.1, 0.15) is 24.7 Å². The van der Waals surface area contributed by atoms with Crippen LogP contribution in [0.5, 0.6) is 0 Å². The van der Waals surface area contributed by atoms with E-state index >= 15 is 0 Å². The van der Waals surface area contributed by atoms with Crippen molar-refractivity contribution in [1.82, 2.24) is 15.1 Å². The third-order valence-corrected chi connectivity index (χ3v) is 2.92. The maximum Gasteiger partial charge on any atom is 0.322 e. The maximum absolute atomic E-state index is 11.6. The number of carbonyl (C=O) groups excluding carboxylic acids is 1. The van der Waals surface area contributed by atoms with Crippen LogP contribution in [0.2, 0.25) is 0 Å². The van der Waals surface area contributed by atoms with E-state index in [1.54, 1.807) is 0 Å². The maximum atomic E-state index is 11.6. The van der Waals surface area contributed by atoms with Crippen LogP contribution >= 0.6 is 0 Å². The average molecular weight is 238 g/mol. The van der Waals surface area contributed by atoms with Gasteiger partial charge in [-0.1, -0.05) is 5.10 Å². The third-order valence-electron chi connectivity index (χ3n) is 2.92. The highest BCUT2D eigenvalue weighted by Crippen LogP contribution is 2.39. The molecule has 1 saturated heterocycles. The largest absolute Gasteiger partial charge is 0.408 e. The van der Waals surface area contributed by atoms with Crippen molar-refractivity contribution in [2.75, 3.05) is 25.0 Å². The van der Waals surface area contributed by atoms with Crippen LogP contribution < -0.4 is 5.32 Å². The molecule has 1 aromatic heterocycles. The van der Waals surface area contributed by atoms with E-state index in [1.165, 1.54) is 0 Å². The Morgan fingerprint density at radius 1 is 1.47 bits per heavy atom. The van der Waals surface area contributed by atoms with Gasteiger partial charge in [0.1, 0.15) is 0 Å². The van der Waals surface area contributed by atoms with Gasteiger partial charge in [0.2, 0.25) is 11.8 Å². The van der Waals surface area contributed by atoms with Gasteiger partial charge in [0.05, 0.1) is 12.6 Å². The summed E-state index contributed by atoms with van der Waals surface area (Å²) in [6.45, 7) is 1.34. The second-order valence-corrected chi connectivity index (χ2v) is 4.62. The molecule has 1 aromatic rings. The minimum atomic E-state index is -0.298. The molecule has 7 nitrogen and oxygen atoms in total. The number of anilines is 1. The van der Waals surface area contributed by atoms with Gasteiger partial charge >= 0.3 is 6.01 Å². The average Bonchev–Trinajstić information content (AvgIpc) is 2.98. The van der Waals surface area contributed by atoms with Crippen molar-refractivity contribution in [3.8, 4) is 0 Å². The molecular weight excluding hydrogens is 224 g/mol. The number of aliphatic hydroxyl groups excluding tert-OH is 1.